The molecule has 112 valence electrons. The number of ether oxygens (including phenoxy) is 1. The van der Waals surface area contributed by atoms with Crippen LogP contribution >= 0.6 is 0 Å². The minimum atomic E-state index is 0.811. The Morgan fingerprint density at radius 3 is 2.27 bits per heavy atom. The topological polar surface area (TPSA) is 35.3 Å². The number of benzene rings is 2. The molecule has 0 bridgehead atoms. The number of aromatic nitrogens is 1. The van der Waals surface area contributed by atoms with E-state index >= 15 is 0 Å². The summed E-state index contributed by atoms with van der Waals surface area (Å²) in [6.45, 7) is 6.38. The zero-order valence-corrected chi connectivity index (χ0v) is 13.3. The number of rotatable bonds is 3. The van der Waals surface area contributed by atoms with Crippen molar-refractivity contribution in [3.8, 4) is 28.2 Å². The fraction of sp³-hybridized carbons (Fsp3) is 0.211. The second-order valence-electron chi connectivity index (χ2n) is 5.48. The predicted molar refractivity (Wildman–Crippen MR) is 88.1 cm³/mol. The average molecular weight is 293 g/mol. The predicted octanol–water partition coefficient (Wildman–Crippen LogP) is 4.94. The molecule has 0 saturated heterocycles. The van der Waals surface area contributed by atoms with Gasteiger partial charge in [0.15, 0.2) is 5.76 Å². The second kappa shape index (κ2) is 5.68. The van der Waals surface area contributed by atoms with E-state index < -0.39 is 0 Å². The third-order valence-corrected chi connectivity index (χ3v) is 4.27. The van der Waals surface area contributed by atoms with Crippen LogP contribution in [0.15, 0.2) is 47.1 Å². The van der Waals surface area contributed by atoms with Crippen LogP contribution in [-0.4, -0.2) is 12.3 Å². The molecular weight excluding hydrogens is 274 g/mol. The van der Waals surface area contributed by atoms with Gasteiger partial charge >= 0.3 is 0 Å². The number of methoxy groups -OCH3 is 1. The molecule has 1 heterocycles. The van der Waals surface area contributed by atoms with Crippen LogP contribution in [0.5, 0.6) is 5.75 Å². The molecule has 0 atom stereocenters. The standard InChI is InChI=1S/C19H19NO2/c1-12-5-10-17(14(3)13(12)2)19-18(11-20-22-19)15-6-8-16(21-4)9-7-15/h5-11H,1-4H3. The van der Waals surface area contributed by atoms with E-state index in [1.165, 1.54) is 16.7 Å². The van der Waals surface area contributed by atoms with Gasteiger partial charge in [0.25, 0.3) is 0 Å². The fourth-order valence-corrected chi connectivity index (χ4v) is 2.61. The summed E-state index contributed by atoms with van der Waals surface area (Å²) in [5, 5.41) is 4.00. The molecule has 22 heavy (non-hydrogen) atoms. The highest BCUT2D eigenvalue weighted by atomic mass is 16.5. The van der Waals surface area contributed by atoms with Crippen molar-refractivity contribution in [1.29, 1.82) is 0 Å². The molecule has 2 aromatic carbocycles. The highest BCUT2D eigenvalue weighted by Gasteiger charge is 2.16. The van der Waals surface area contributed by atoms with E-state index in [0.29, 0.717) is 0 Å². The molecule has 1 aromatic heterocycles. The van der Waals surface area contributed by atoms with Crippen molar-refractivity contribution in [2.24, 2.45) is 0 Å². The van der Waals surface area contributed by atoms with E-state index in [0.717, 1.165) is 28.2 Å². The van der Waals surface area contributed by atoms with Crippen molar-refractivity contribution in [1.82, 2.24) is 5.16 Å². The first kappa shape index (κ1) is 14.4. The maximum absolute atomic E-state index is 5.56. The minimum absolute atomic E-state index is 0.811. The smallest absolute Gasteiger partial charge is 0.174 e. The summed E-state index contributed by atoms with van der Waals surface area (Å²) in [6.07, 6.45) is 1.77. The Labute approximate surface area is 130 Å². The summed E-state index contributed by atoms with van der Waals surface area (Å²) in [7, 11) is 1.66. The molecule has 3 nitrogen and oxygen atoms in total. The third-order valence-electron chi connectivity index (χ3n) is 4.27. The van der Waals surface area contributed by atoms with E-state index in [1.807, 2.05) is 24.3 Å². The minimum Gasteiger partial charge on any atom is -0.497 e. The highest BCUT2D eigenvalue weighted by molar-refractivity contribution is 5.81. The SMILES string of the molecule is COc1ccc(-c2cnoc2-c2ccc(C)c(C)c2C)cc1. The molecule has 0 spiro atoms. The van der Waals surface area contributed by atoms with Crippen LogP contribution in [0.1, 0.15) is 16.7 Å². The van der Waals surface area contributed by atoms with Gasteiger partial charge in [-0.1, -0.05) is 29.4 Å². The van der Waals surface area contributed by atoms with Gasteiger partial charge in [0.2, 0.25) is 0 Å². The lowest BCUT2D eigenvalue weighted by molar-refractivity contribution is 0.415. The Hall–Kier alpha value is -2.55. The van der Waals surface area contributed by atoms with Crippen LogP contribution in [0.25, 0.3) is 22.5 Å². The van der Waals surface area contributed by atoms with Crippen LogP contribution in [0.2, 0.25) is 0 Å². The highest BCUT2D eigenvalue weighted by Crippen LogP contribution is 2.35. The number of hydrogen-bond acceptors (Lipinski definition) is 3. The zero-order valence-electron chi connectivity index (χ0n) is 13.3. The first-order chi connectivity index (χ1) is 10.6. The fourth-order valence-electron chi connectivity index (χ4n) is 2.61. The summed E-state index contributed by atoms with van der Waals surface area (Å²) in [6, 6.07) is 12.2. The van der Waals surface area contributed by atoms with Crippen molar-refractivity contribution in [3.05, 3.63) is 59.3 Å². The summed E-state index contributed by atoms with van der Waals surface area (Å²) in [4.78, 5) is 0. The van der Waals surface area contributed by atoms with Crippen LogP contribution < -0.4 is 4.74 Å². The molecule has 0 aliphatic rings. The van der Waals surface area contributed by atoms with E-state index in [-0.39, 0.29) is 0 Å². The van der Waals surface area contributed by atoms with Crippen molar-refractivity contribution in [2.45, 2.75) is 20.8 Å². The molecule has 0 aliphatic carbocycles. The zero-order chi connectivity index (χ0) is 15.7. The van der Waals surface area contributed by atoms with Crippen molar-refractivity contribution in [2.75, 3.05) is 7.11 Å². The van der Waals surface area contributed by atoms with E-state index in [2.05, 4.69) is 38.1 Å². The largest absolute Gasteiger partial charge is 0.497 e. The van der Waals surface area contributed by atoms with Gasteiger partial charge in [0.05, 0.1) is 13.3 Å². The van der Waals surface area contributed by atoms with Crippen molar-refractivity contribution < 1.29 is 9.26 Å². The van der Waals surface area contributed by atoms with Crippen LogP contribution in [-0.2, 0) is 0 Å². The van der Waals surface area contributed by atoms with Crippen LogP contribution in [0.4, 0.5) is 0 Å². The first-order valence-electron chi connectivity index (χ1n) is 7.28. The van der Waals surface area contributed by atoms with Crippen molar-refractivity contribution in [3.63, 3.8) is 0 Å². The molecule has 0 unspecified atom stereocenters. The molecule has 0 amide bonds. The molecule has 0 N–H and O–H groups in total. The van der Waals surface area contributed by atoms with Gasteiger partial charge in [0.1, 0.15) is 5.75 Å². The summed E-state index contributed by atoms with van der Waals surface area (Å²) < 4.78 is 10.8. The maximum atomic E-state index is 5.56. The average Bonchev–Trinajstić information content (AvgIpc) is 3.02. The lowest BCUT2D eigenvalue weighted by atomic mass is 9.94. The second-order valence-corrected chi connectivity index (χ2v) is 5.48. The van der Waals surface area contributed by atoms with E-state index in [9.17, 15) is 0 Å². The van der Waals surface area contributed by atoms with E-state index in [4.69, 9.17) is 9.26 Å². The third kappa shape index (κ3) is 2.39. The summed E-state index contributed by atoms with van der Waals surface area (Å²) in [5.74, 6) is 1.65. The Balaban J connectivity index is 2.11. The van der Waals surface area contributed by atoms with Gasteiger partial charge in [-0.2, -0.15) is 0 Å². The monoisotopic (exact) mass is 293 g/mol. The lowest BCUT2D eigenvalue weighted by Gasteiger charge is -2.10. The molecular formula is C19H19NO2. The lowest BCUT2D eigenvalue weighted by Crippen LogP contribution is -1.91. The number of hydrogen-bond donors (Lipinski definition) is 0. The van der Waals surface area contributed by atoms with Crippen LogP contribution in [0.3, 0.4) is 0 Å². The molecule has 0 radical (unpaired) electrons. The van der Waals surface area contributed by atoms with Gasteiger partial charge in [-0.15, -0.1) is 0 Å². The van der Waals surface area contributed by atoms with Gasteiger partial charge in [-0.3, -0.25) is 0 Å². The normalized spacial score (nSPS) is 10.7. The van der Waals surface area contributed by atoms with Gasteiger partial charge in [-0.05, 0) is 55.2 Å². The van der Waals surface area contributed by atoms with Gasteiger partial charge < -0.3 is 9.26 Å². The number of nitrogens with zero attached hydrogens (tertiary/aromatic N) is 1. The Morgan fingerprint density at radius 2 is 1.59 bits per heavy atom. The molecule has 3 heteroatoms. The van der Waals surface area contributed by atoms with Crippen molar-refractivity contribution >= 4 is 0 Å². The molecule has 0 saturated carbocycles. The number of aryl methyl sites for hydroxylation is 1. The maximum Gasteiger partial charge on any atom is 0.174 e. The van der Waals surface area contributed by atoms with Gasteiger partial charge in [-0.25, -0.2) is 0 Å². The molecule has 0 fully saturated rings. The Kier molecular flexibility index (Phi) is 3.72. The molecule has 3 aromatic rings. The molecule has 0 aliphatic heterocycles. The summed E-state index contributed by atoms with van der Waals surface area (Å²) >= 11 is 0. The van der Waals surface area contributed by atoms with Crippen LogP contribution in [0, 0.1) is 20.8 Å². The van der Waals surface area contributed by atoms with Gasteiger partial charge in [0, 0.05) is 11.1 Å². The summed E-state index contributed by atoms with van der Waals surface area (Å²) in [5.41, 5.74) is 6.95. The first-order valence-corrected chi connectivity index (χ1v) is 7.28. The Bertz CT molecular complexity index is 801. The Morgan fingerprint density at radius 1 is 0.864 bits per heavy atom. The van der Waals surface area contributed by atoms with E-state index in [1.54, 1.807) is 13.3 Å². The quantitative estimate of drug-likeness (QED) is 0.686. The molecule has 3 rings (SSSR count).